The molecule has 0 N–H and O–H groups in total. The Hall–Kier alpha value is -7.10. The van der Waals surface area contributed by atoms with Crippen LogP contribution in [0.3, 0.4) is 0 Å². The highest BCUT2D eigenvalue weighted by Crippen LogP contribution is 2.49. The van der Waals surface area contributed by atoms with Gasteiger partial charge in [0, 0.05) is 27.2 Å². The maximum atomic E-state index is 6.85. The number of fused-ring (bicyclic) bond motifs is 10. The highest BCUT2D eigenvalue weighted by atomic mass is 16.3. The van der Waals surface area contributed by atoms with Crippen LogP contribution < -0.4 is 4.90 Å². The first kappa shape index (κ1) is 29.6. The third-order valence-corrected chi connectivity index (χ3v) is 10.6. The second kappa shape index (κ2) is 11.7. The lowest BCUT2D eigenvalue weighted by molar-refractivity contribution is 0.666. The molecule has 11 rings (SSSR count). The van der Waals surface area contributed by atoms with Gasteiger partial charge in [-0.25, -0.2) is 0 Å². The molecule has 0 fully saturated rings. The molecule has 2 aromatic heterocycles. The van der Waals surface area contributed by atoms with Crippen molar-refractivity contribution in [3.63, 3.8) is 0 Å². The third kappa shape index (κ3) is 4.68. The van der Waals surface area contributed by atoms with Gasteiger partial charge in [0.25, 0.3) is 0 Å². The number of hydrogen-bond acceptors (Lipinski definition) is 3. The first-order chi connectivity index (χ1) is 26.3. The van der Waals surface area contributed by atoms with Crippen molar-refractivity contribution >= 4 is 82.5 Å². The average Bonchev–Trinajstić information content (AvgIpc) is 3.82. The molecule has 248 valence electrons. The van der Waals surface area contributed by atoms with E-state index < -0.39 is 0 Å². The molecule has 53 heavy (non-hydrogen) atoms. The molecule has 0 bridgehead atoms. The SMILES string of the molecule is c1ccc(-c2cccc(-c3ccc(N(c4cc5ccccc5c5c4oc4ccccc45)c4cc5ccccc5c5c4oc4ccccc45)cc3)c2)cc1. The van der Waals surface area contributed by atoms with Crippen molar-refractivity contribution in [3.05, 3.63) is 188 Å². The Morgan fingerprint density at radius 2 is 0.755 bits per heavy atom. The molecule has 0 amide bonds. The summed E-state index contributed by atoms with van der Waals surface area (Å²) in [6.45, 7) is 0. The second-order valence-electron chi connectivity index (χ2n) is 13.7. The highest BCUT2D eigenvalue weighted by Gasteiger charge is 2.26. The Morgan fingerprint density at radius 1 is 0.321 bits per heavy atom. The van der Waals surface area contributed by atoms with Gasteiger partial charge < -0.3 is 13.7 Å². The summed E-state index contributed by atoms with van der Waals surface area (Å²) in [5.74, 6) is 0. The molecule has 0 spiro atoms. The van der Waals surface area contributed by atoms with E-state index in [1.807, 2.05) is 12.1 Å². The van der Waals surface area contributed by atoms with Crippen LogP contribution in [0.15, 0.2) is 197 Å². The Kier molecular flexibility index (Phi) is 6.55. The van der Waals surface area contributed by atoms with Crippen molar-refractivity contribution in [2.24, 2.45) is 0 Å². The van der Waals surface area contributed by atoms with Crippen LogP contribution in [-0.2, 0) is 0 Å². The zero-order valence-electron chi connectivity index (χ0n) is 28.7. The van der Waals surface area contributed by atoms with Crippen molar-refractivity contribution in [2.75, 3.05) is 4.90 Å². The highest BCUT2D eigenvalue weighted by molar-refractivity contribution is 6.26. The Bertz CT molecular complexity index is 3020. The first-order valence-electron chi connectivity index (χ1n) is 18.0. The predicted octanol–water partition coefficient (Wildman–Crippen LogP) is 14.6. The summed E-state index contributed by atoms with van der Waals surface area (Å²) in [7, 11) is 0. The van der Waals surface area contributed by atoms with Crippen LogP contribution in [0.2, 0.25) is 0 Å². The van der Waals surface area contributed by atoms with E-state index in [2.05, 4.69) is 181 Å². The van der Waals surface area contributed by atoms with Gasteiger partial charge in [-0.2, -0.15) is 0 Å². The van der Waals surface area contributed by atoms with Crippen LogP contribution in [0, 0.1) is 0 Å². The minimum absolute atomic E-state index is 0.835. The van der Waals surface area contributed by atoms with Gasteiger partial charge in [0.2, 0.25) is 0 Å². The van der Waals surface area contributed by atoms with Crippen LogP contribution in [0.4, 0.5) is 17.1 Å². The molecule has 0 radical (unpaired) electrons. The fourth-order valence-corrected chi connectivity index (χ4v) is 8.17. The molecule has 0 aliphatic rings. The monoisotopic (exact) mass is 677 g/mol. The Labute approximate surface area is 305 Å². The molecule has 0 aliphatic heterocycles. The summed E-state index contributed by atoms with van der Waals surface area (Å²) in [4.78, 5) is 2.33. The lowest BCUT2D eigenvalue weighted by Gasteiger charge is -2.27. The molecule has 0 aliphatic carbocycles. The number of rotatable bonds is 5. The van der Waals surface area contributed by atoms with Gasteiger partial charge in [0.15, 0.2) is 11.2 Å². The van der Waals surface area contributed by atoms with Crippen LogP contribution in [0.25, 0.3) is 87.7 Å². The maximum Gasteiger partial charge on any atom is 0.160 e. The summed E-state index contributed by atoms with van der Waals surface area (Å²) >= 11 is 0. The quantitative estimate of drug-likeness (QED) is 0.182. The van der Waals surface area contributed by atoms with Gasteiger partial charge in [-0.05, 0) is 86.3 Å². The smallest absolute Gasteiger partial charge is 0.160 e. The molecule has 9 aromatic carbocycles. The maximum absolute atomic E-state index is 6.85. The topological polar surface area (TPSA) is 29.5 Å². The largest absolute Gasteiger partial charge is 0.454 e. The third-order valence-electron chi connectivity index (χ3n) is 10.6. The predicted molar refractivity (Wildman–Crippen MR) is 222 cm³/mol. The van der Waals surface area contributed by atoms with E-state index in [0.29, 0.717) is 0 Å². The molecule has 0 atom stereocenters. The normalized spacial score (nSPS) is 11.8. The number of furan rings is 2. The number of benzene rings is 9. The van der Waals surface area contributed by atoms with E-state index in [1.165, 1.54) is 16.7 Å². The summed E-state index contributed by atoms with van der Waals surface area (Å²) in [5, 5.41) is 9.02. The fraction of sp³-hybridized carbons (Fsp3) is 0. The number of nitrogens with zero attached hydrogens (tertiary/aromatic N) is 1. The Balaban J connectivity index is 1.20. The zero-order valence-corrected chi connectivity index (χ0v) is 28.7. The molecular formula is C50H31NO2. The summed E-state index contributed by atoms with van der Waals surface area (Å²) in [6.07, 6.45) is 0. The van der Waals surface area contributed by atoms with Gasteiger partial charge in [0.1, 0.15) is 11.2 Å². The van der Waals surface area contributed by atoms with Gasteiger partial charge in [0.05, 0.1) is 11.4 Å². The van der Waals surface area contributed by atoms with Gasteiger partial charge >= 0.3 is 0 Å². The van der Waals surface area contributed by atoms with E-state index in [4.69, 9.17) is 8.83 Å². The molecule has 3 heteroatoms. The van der Waals surface area contributed by atoms with E-state index in [-0.39, 0.29) is 0 Å². The Morgan fingerprint density at radius 3 is 1.30 bits per heavy atom. The molecule has 0 saturated carbocycles. The van der Waals surface area contributed by atoms with Crippen LogP contribution in [0.1, 0.15) is 0 Å². The lowest BCUT2D eigenvalue weighted by atomic mass is 9.98. The number of hydrogen-bond donors (Lipinski definition) is 0. The number of para-hydroxylation sites is 2. The molecular weight excluding hydrogens is 647 g/mol. The average molecular weight is 678 g/mol. The van der Waals surface area contributed by atoms with E-state index in [0.717, 1.165) is 88.0 Å². The van der Waals surface area contributed by atoms with Crippen molar-refractivity contribution in [1.82, 2.24) is 0 Å². The van der Waals surface area contributed by atoms with Gasteiger partial charge in [-0.3, -0.25) is 0 Å². The van der Waals surface area contributed by atoms with E-state index in [9.17, 15) is 0 Å². The molecule has 0 saturated heterocycles. The van der Waals surface area contributed by atoms with E-state index >= 15 is 0 Å². The van der Waals surface area contributed by atoms with Crippen molar-refractivity contribution in [3.8, 4) is 22.3 Å². The van der Waals surface area contributed by atoms with Gasteiger partial charge in [-0.1, -0.05) is 146 Å². The molecule has 2 heterocycles. The van der Waals surface area contributed by atoms with Crippen molar-refractivity contribution < 1.29 is 8.83 Å². The second-order valence-corrected chi connectivity index (χ2v) is 13.7. The van der Waals surface area contributed by atoms with Crippen molar-refractivity contribution in [2.45, 2.75) is 0 Å². The van der Waals surface area contributed by atoms with Crippen LogP contribution in [-0.4, -0.2) is 0 Å². The molecule has 0 unspecified atom stereocenters. The molecule has 11 aromatic rings. The van der Waals surface area contributed by atoms with Gasteiger partial charge in [-0.15, -0.1) is 0 Å². The fourth-order valence-electron chi connectivity index (χ4n) is 8.17. The minimum atomic E-state index is 0.835. The van der Waals surface area contributed by atoms with Crippen LogP contribution >= 0.6 is 0 Å². The van der Waals surface area contributed by atoms with Crippen molar-refractivity contribution in [1.29, 1.82) is 0 Å². The minimum Gasteiger partial charge on any atom is -0.454 e. The lowest BCUT2D eigenvalue weighted by Crippen LogP contribution is -2.11. The van der Waals surface area contributed by atoms with Crippen LogP contribution in [0.5, 0.6) is 0 Å². The first-order valence-corrected chi connectivity index (χ1v) is 18.0. The standard InChI is InChI=1S/C50H31NO2/c1-2-13-32(14-3-1)34-17-12-18-35(29-34)33-25-27-38(28-26-33)51(43-30-36-15-4-6-19-39(36)47-41-21-8-10-23-45(41)52-49(43)47)44-31-37-16-5-7-20-40(37)48-42-22-9-11-24-46(42)53-50(44)48/h1-31H. The van der Waals surface area contributed by atoms with E-state index in [1.54, 1.807) is 0 Å². The summed E-state index contributed by atoms with van der Waals surface area (Å²) in [6, 6.07) is 66.6. The zero-order chi connectivity index (χ0) is 34.9. The molecule has 3 nitrogen and oxygen atoms in total. The summed E-state index contributed by atoms with van der Waals surface area (Å²) in [5.41, 5.74) is 11.0. The number of anilines is 3. The summed E-state index contributed by atoms with van der Waals surface area (Å²) < 4.78 is 13.7.